The lowest BCUT2D eigenvalue weighted by molar-refractivity contribution is 0.496. The van der Waals surface area contributed by atoms with Gasteiger partial charge in [0.2, 0.25) is 0 Å². The molecule has 0 aliphatic heterocycles. The SMILES string of the molecule is CCC(C)(C)c1cccc2ccoc12. The second kappa shape index (κ2) is 3.16. The van der Waals surface area contributed by atoms with Gasteiger partial charge in [0.15, 0.2) is 0 Å². The minimum atomic E-state index is 0.192. The Morgan fingerprint density at radius 3 is 2.71 bits per heavy atom. The molecule has 1 aromatic heterocycles. The number of hydrogen-bond donors (Lipinski definition) is 0. The zero-order chi connectivity index (χ0) is 10.2. The molecule has 2 aromatic rings. The lowest BCUT2D eigenvalue weighted by atomic mass is 9.81. The molecule has 0 N–H and O–H groups in total. The lowest BCUT2D eigenvalue weighted by Gasteiger charge is -2.23. The maximum Gasteiger partial charge on any atom is 0.137 e. The first-order valence-electron chi connectivity index (χ1n) is 5.12. The fraction of sp³-hybridized carbons (Fsp3) is 0.385. The van der Waals surface area contributed by atoms with E-state index in [1.54, 1.807) is 6.26 Å². The molecular weight excluding hydrogens is 172 g/mol. The second-order valence-corrected chi connectivity index (χ2v) is 4.38. The third kappa shape index (κ3) is 1.33. The van der Waals surface area contributed by atoms with E-state index >= 15 is 0 Å². The summed E-state index contributed by atoms with van der Waals surface area (Å²) in [5.41, 5.74) is 2.54. The van der Waals surface area contributed by atoms with E-state index in [0.717, 1.165) is 12.0 Å². The highest BCUT2D eigenvalue weighted by Crippen LogP contribution is 2.32. The Hall–Kier alpha value is -1.24. The Bertz CT molecular complexity index is 437. The van der Waals surface area contributed by atoms with Crippen molar-refractivity contribution in [2.45, 2.75) is 32.6 Å². The van der Waals surface area contributed by atoms with E-state index in [1.165, 1.54) is 10.9 Å². The van der Waals surface area contributed by atoms with Gasteiger partial charge in [0.25, 0.3) is 0 Å². The summed E-state index contributed by atoms with van der Waals surface area (Å²) in [6.45, 7) is 6.72. The van der Waals surface area contributed by atoms with Crippen LogP contribution in [-0.4, -0.2) is 0 Å². The van der Waals surface area contributed by atoms with Crippen molar-refractivity contribution >= 4 is 11.0 Å². The van der Waals surface area contributed by atoms with Crippen molar-refractivity contribution in [1.29, 1.82) is 0 Å². The van der Waals surface area contributed by atoms with Gasteiger partial charge in [-0.1, -0.05) is 39.0 Å². The average Bonchev–Trinajstić information content (AvgIpc) is 2.64. The summed E-state index contributed by atoms with van der Waals surface area (Å²) in [5.74, 6) is 0. The van der Waals surface area contributed by atoms with Crippen LogP contribution in [0.1, 0.15) is 32.8 Å². The first-order valence-corrected chi connectivity index (χ1v) is 5.12. The predicted octanol–water partition coefficient (Wildman–Crippen LogP) is 4.12. The molecule has 1 aromatic carbocycles. The van der Waals surface area contributed by atoms with Crippen molar-refractivity contribution in [3.63, 3.8) is 0 Å². The van der Waals surface area contributed by atoms with Crippen LogP contribution in [0.3, 0.4) is 0 Å². The van der Waals surface area contributed by atoms with Gasteiger partial charge >= 0.3 is 0 Å². The van der Waals surface area contributed by atoms with Gasteiger partial charge in [-0.15, -0.1) is 0 Å². The van der Waals surface area contributed by atoms with E-state index in [-0.39, 0.29) is 5.41 Å². The summed E-state index contributed by atoms with van der Waals surface area (Å²) in [7, 11) is 0. The number of benzene rings is 1. The summed E-state index contributed by atoms with van der Waals surface area (Å²) < 4.78 is 5.54. The molecule has 0 aliphatic rings. The Morgan fingerprint density at radius 2 is 2.00 bits per heavy atom. The Morgan fingerprint density at radius 1 is 1.21 bits per heavy atom. The average molecular weight is 188 g/mol. The van der Waals surface area contributed by atoms with Gasteiger partial charge in [0.05, 0.1) is 6.26 Å². The van der Waals surface area contributed by atoms with E-state index < -0.39 is 0 Å². The molecule has 1 heterocycles. The molecular formula is C13H16O. The second-order valence-electron chi connectivity index (χ2n) is 4.38. The summed E-state index contributed by atoms with van der Waals surface area (Å²) in [4.78, 5) is 0. The molecule has 0 saturated carbocycles. The lowest BCUT2D eigenvalue weighted by Crippen LogP contribution is -2.15. The number of fused-ring (bicyclic) bond motifs is 1. The topological polar surface area (TPSA) is 13.1 Å². The molecule has 0 bridgehead atoms. The van der Waals surface area contributed by atoms with Gasteiger partial charge < -0.3 is 4.42 Å². The van der Waals surface area contributed by atoms with Crippen LogP contribution in [0.15, 0.2) is 34.9 Å². The van der Waals surface area contributed by atoms with Crippen molar-refractivity contribution in [3.05, 3.63) is 36.1 Å². The Balaban J connectivity index is 2.67. The molecule has 0 amide bonds. The standard InChI is InChI=1S/C13H16O/c1-4-13(2,3)11-7-5-6-10-8-9-14-12(10)11/h5-9H,4H2,1-3H3. The van der Waals surface area contributed by atoms with Crippen LogP contribution >= 0.6 is 0 Å². The first-order chi connectivity index (χ1) is 6.65. The number of hydrogen-bond acceptors (Lipinski definition) is 1. The van der Waals surface area contributed by atoms with Gasteiger partial charge in [-0.3, -0.25) is 0 Å². The van der Waals surface area contributed by atoms with E-state index in [9.17, 15) is 0 Å². The molecule has 0 aliphatic carbocycles. The molecule has 0 fully saturated rings. The van der Waals surface area contributed by atoms with Crippen molar-refractivity contribution in [2.75, 3.05) is 0 Å². The third-order valence-electron chi connectivity index (χ3n) is 3.09. The van der Waals surface area contributed by atoms with E-state index in [0.29, 0.717) is 0 Å². The van der Waals surface area contributed by atoms with Gasteiger partial charge in [0.1, 0.15) is 5.58 Å². The minimum Gasteiger partial charge on any atom is -0.464 e. The maximum atomic E-state index is 5.54. The molecule has 2 rings (SSSR count). The fourth-order valence-corrected chi connectivity index (χ4v) is 1.72. The quantitative estimate of drug-likeness (QED) is 0.691. The summed E-state index contributed by atoms with van der Waals surface area (Å²) in [6.07, 6.45) is 2.88. The van der Waals surface area contributed by atoms with Crippen LogP contribution in [0, 0.1) is 0 Å². The number of rotatable bonds is 2. The van der Waals surface area contributed by atoms with Crippen LogP contribution in [0.2, 0.25) is 0 Å². The third-order valence-corrected chi connectivity index (χ3v) is 3.09. The molecule has 14 heavy (non-hydrogen) atoms. The minimum absolute atomic E-state index is 0.192. The van der Waals surface area contributed by atoms with Crippen LogP contribution in [-0.2, 0) is 5.41 Å². The first kappa shape index (κ1) is 9.32. The van der Waals surface area contributed by atoms with Crippen molar-refractivity contribution < 1.29 is 4.42 Å². The summed E-state index contributed by atoms with van der Waals surface area (Å²) in [5, 5.41) is 1.20. The van der Waals surface area contributed by atoms with Gasteiger partial charge in [-0.25, -0.2) is 0 Å². The fourth-order valence-electron chi connectivity index (χ4n) is 1.72. The zero-order valence-electron chi connectivity index (χ0n) is 9.00. The Labute approximate surface area is 84.7 Å². The van der Waals surface area contributed by atoms with Crippen LogP contribution in [0.25, 0.3) is 11.0 Å². The van der Waals surface area contributed by atoms with Gasteiger partial charge in [-0.05, 0) is 17.9 Å². The molecule has 1 nitrogen and oxygen atoms in total. The number of para-hydroxylation sites is 1. The molecule has 0 saturated heterocycles. The zero-order valence-corrected chi connectivity index (χ0v) is 9.00. The van der Waals surface area contributed by atoms with E-state index in [4.69, 9.17) is 4.42 Å². The van der Waals surface area contributed by atoms with Crippen molar-refractivity contribution in [3.8, 4) is 0 Å². The summed E-state index contributed by atoms with van der Waals surface area (Å²) >= 11 is 0. The molecule has 0 spiro atoms. The monoisotopic (exact) mass is 188 g/mol. The highest BCUT2D eigenvalue weighted by atomic mass is 16.3. The molecule has 0 unspecified atom stereocenters. The highest BCUT2D eigenvalue weighted by Gasteiger charge is 2.21. The van der Waals surface area contributed by atoms with Crippen LogP contribution in [0.5, 0.6) is 0 Å². The normalized spacial score (nSPS) is 12.2. The van der Waals surface area contributed by atoms with Gasteiger partial charge in [0, 0.05) is 10.9 Å². The predicted molar refractivity (Wildman–Crippen MR) is 59.5 cm³/mol. The Kier molecular flexibility index (Phi) is 2.10. The van der Waals surface area contributed by atoms with Gasteiger partial charge in [-0.2, -0.15) is 0 Å². The molecule has 1 heteroatoms. The van der Waals surface area contributed by atoms with Crippen molar-refractivity contribution in [2.24, 2.45) is 0 Å². The molecule has 0 radical (unpaired) electrons. The molecule has 0 atom stereocenters. The van der Waals surface area contributed by atoms with E-state index in [2.05, 4.69) is 39.0 Å². The maximum absolute atomic E-state index is 5.54. The largest absolute Gasteiger partial charge is 0.464 e. The van der Waals surface area contributed by atoms with E-state index in [1.807, 2.05) is 6.07 Å². The highest BCUT2D eigenvalue weighted by molar-refractivity contribution is 5.81. The van der Waals surface area contributed by atoms with Crippen LogP contribution < -0.4 is 0 Å². The summed E-state index contributed by atoms with van der Waals surface area (Å²) in [6, 6.07) is 8.37. The van der Waals surface area contributed by atoms with Crippen molar-refractivity contribution in [1.82, 2.24) is 0 Å². The molecule has 74 valence electrons. The smallest absolute Gasteiger partial charge is 0.137 e. The number of furan rings is 1. The van der Waals surface area contributed by atoms with Crippen LogP contribution in [0.4, 0.5) is 0 Å².